The molecule has 0 atom stereocenters. The molecule has 0 unspecified atom stereocenters. The van der Waals surface area contributed by atoms with Gasteiger partial charge in [-0.2, -0.15) is 5.10 Å². The number of nitrogens with one attached hydrogen (secondary N) is 2. The van der Waals surface area contributed by atoms with Crippen LogP contribution in [-0.2, 0) is 0 Å². The van der Waals surface area contributed by atoms with Crippen molar-refractivity contribution in [3.05, 3.63) is 59.9 Å². The number of aromatic amines is 2. The number of H-pyrrole nitrogens is 2. The molecule has 2 aromatic carbocycles. The van der Waals surface area contributed by atoms with Crippen LogP contribution in [0.2, 0.25) is 0 Å². The summed E-state index contributed by atoms with van der Waals surface area (Å²) >= 11 is 0. The molecule has 0 aliphatic carbocycles. The molecule has 108 valence electrons. The first-order chi connectivity index (χ1) is 10.7. The van der Waals surface area contributed by atoms with Gasteiger partial charge in [-0.3, -0.25) is 5.10 Å². The number of aromatic nitrogens is 4. The Labute approximate surface area is 126 Å². The molecule has 0 amide bonds. The third-order valence-electron chi connectivity index (χ3n) is 3.61. The number of nitrogens with zero attached hydrogens (tertiary/aromatic N) is 2. The molecule has 0 fully saturated rings. The van der Waals surface area contributed by atoms with Gasteiger partial charge in [0.1, 0.15) is 11.5 Å². The second kappa shape index (κ2) is 4.80. The van der Waals surface area contributed by atoms with Crippen LogP contribution in [0.15, 0.2) is 48.5 Å². The SMILES string of the molecule is Cc1ccc2nc(-c3cc(-c4ccc(F)cc4)n[nH]3)[nH]c2c1. The first kappa shape index (κ1) is 12.8. The van der Waals surface area contributed by atoms with Gasteiger partial charge >= 0.3 is 0 Å². The summed E-state index contributed by atoms with van der Waals surface area (Å²) < 4.78 is 13.0. The molecule has 4 aromatic rings. The van der Waals surface area contributed by atoms with Crippen molar-refractivity contribution in [2.75, 3.05) is 0 Å². The quantitative estimate of drug-likeness (QED) is 0.585. The fourth-order valence-electron chi connectivity index (χ4n) is 2.46. The maximum Gasteiger partial charge on any atom is 0.156 e. The molecule has 2 aromatic heterocycles. The Balaban J connectivity index is 1.74. The largest absolute Gasteiger partial charge is 0.337 e. The number of fused-ring (bicyclic) bond motifs is 1. The fraction of sp³-hybridized carbons (Fsp3) is 0.0588. The van der Waals surface area contributed by atoms with E-state index in [1.165, 1.54) is 17.7 Å². The lowest BCUT2D eigenvalue weighted by Crippen LogP contribution is -1.79. The van der Waals surface area contributed by atoms with Gasteiger partial charge < -0.3 is 4.98 Å². The monoisotopic (exact) mass is 292 g/mol. The van der Waals surface area contributed by atoms with Crippen molar-refractivity contribution >= 4 is 11.0 Å². The highest BCUT2D eigenvalue weighted by molar-refractivity contribution is 5.80. The van der Waals surface area contributed by atoms with Crippen LogP contribution in [0.25, 0.3) is 33.8 Å². The highest BCUT2D eigenvalue weighted by Gasteiger charge is 2.10. The van der Waals surface area contributed by atoms with Crippen LogP contribution < -0.4 is 0 Å². The predicted octanol–water partition coefficient (Wildman–Crippen LogP) is 4.07. The summed E-state index contributed by atoms with van der Waals surface area (Å²) in [6.45, 7) is 2.04. The van der Waals surface area contributed by atoms with Crippen LogP contribution in [0.1, 0.15) is 5.56 Å². The van der Waals surface area contributed by atoms with Crippen LogP contribution in [0.4, 0.5) is 4.39 Å². The Morgan fingerprint density at radius 1 is 1.00 bits per heavy atom. The lowest BCUT2D eigenvalue weighted by Gasteiger charge is -1.94. The molecule has 5 heteroatoms. The van der Waals surface area contributed by atoms with E-state index in [1.807, 2.05) is 25.1 Å². The Kier molecular flexibility index (Phi) is 2.79. The van der Waals surface area contributed by atoms with Gasteiger partial charge in [0, 0.05) is 5.56 Å². The summed E-state index contributed by atoms with van der Waals surface area (Å²) in [4.78, 5) is 7.84. The summed E-state index contributed by atoms with van der Waals surface area (Å²) in [5, 5.41) is 7.25. The Morgan fingerprint density at radius 2 is 1.82 bits per heavy atom. The highest BCUT2D eigenvalue weighted by atomic mass is 19.1. The summed E-state index contributed by atoms with van der Waals surface area (Å²) in [5.74, 6) is 0.480. The minimum atomic E-state index is -0.257. The number of halogens is 1. The van der Waals surface area contributed by atoms with Crippen molar-refractivity contribution in [3.63, 3.8) is 0 Å². The zero-order valence-electron chi connectivity index (χ0n) is 11.9. The van der Waals surface area contributed by atoms with Gasteiger partial charge in [0.2, 0.25) is 0 Å². The summed E-state index contributed by atoms with van der Waals surface area (Å²) in [6.07, 6.45) is 0. The fourth-order valence-corrected chi connectivity index (χ4v) is 2.46. The van der Waals surface area contributed by atoms with Gasteiger partial charge in [-0.1, -0.05) is 6.07 Å². The van der Waals surface area contributed by atoms with Gasteiger partial charge in [0.15, 0.2) is 5.82 Å². The number of benzene rings is 2. The van der Waals surface area contributed by atoms with Gasteiger partial charge in [0.25, 0.3) is 0 Å². The molecule has 0 spiro atoms. The van der Waals surface area contributed by atoms with Crippen LogP contribution in [0.3, 0.4) is 0 Å². The van der Waals surface area contributed by atoms with Gasteiger partial charge in [-0.05, 0) is 55.0 Å². The molecular formula is C17H13FN4. The van der Waals surface area contributed by atoms with Crippen LogP contribution in [-0.4, -0.2) is 20.2 Å². The standard InChI is InChI=1S/C17H13FN4/c1-10-2-7-13-15(8-10)20-17(19-13)16-9-14(21-22-16)11-3-5-12(18)6-4-11/h2-9H,1H3,(H,19,20)(H,21,22). The van der Waals surface area contributed by atoms with Crippen LogP contribution in [0.5, 0.6) is 0 Å². The van der Waals surface area contributed by atoms with E-state index in [4.69, 9.17) is 0 Å². The van der Waals surface area contributed by atoms with Gasteiger partial charge in [-0.25, -0.2) is 9.37 Å². The molecule has 0 radical (unpaired) electrons. The molecule has 0 aliphatic rings. The Morgan fingerprint density at radius 3 is 2.64 bits per heavy atom. The molecule has 2 N–H and O–H groups in total. The highest BCUT2D eigenvalue weighted by Crippen LogP contribution is 2.24. The number of rotatable bonds is 2. The molecular weight excluding hydrogens is 279 g/mol. The van der Waals surface area contributed by atoms with E-state index in [0.29, 0.717) is 0 Å². The number of aryl methyl sites for hydroxylation is 1. The third kappa shape index (κ3) is 2.16. The molecule has 4 rings (SSSR count). The van der Waals surface area contributed by atoms with Crippen molar-refractivity contribution in [2.45, 2.75) is 6.92 Å². The average molecular weight is 292 g/mol. The normalized spacial score (nSPS) is 11.2. The molecule has 22 heavy (non-hydrogen) atoms. The van der Waals surface area contributed by atoms with Crippen LogP contribution >= 0.6 is 0 Å². The second-order valence-electron chi connectivity index (χ2n) is 5.28. The summed E-state index contributed by atoms with van der Waals surface area (Å²) in [7, 11) is 0. The van der Waals surface area contributed by atoms with E-state index in [1.54, 1.807) is 12.1 Å². The van der Waals surface area contributed by atoms with E-state index < -0.39 is 0 Å². The van der Waals surface area contributed by atoms with E-state index in [2.05, 4.69) is 26.2 Å². The van der Waals surface area contributed by atoms with Crippen molar-refractivity contribution < 1.29 is 4.39 Å². The first-order valence-corrected chi connectivity index (χ1v) is 6.97. The number of imidazole rings is 1. The predicted molar refractivity (Wildman–Crippen MR) is 83.8 cm³/mol. The van der Waals surface area contributed by atoms with Crippen molar-refractivity contribution in [1.29, 1.82) is 0 Å². The molecule has 0 saturated carbocycles. The van der Waals surface area contributed by atoms with Gasteiger partial charge in [-0.15, -0.1) is 0 Å². The zero-order chi connectivity index (χ0) is 15.1. The van der Waals surface area contributed by atoms with E-state index in [-0.39, 0.29) is 5.82 Å². The minimum Gasteiger partial charge on any atom is -0.337 e. The molecule has 0 saturated heterocycles. The maximum absolute atomic E-state index is 13.0. The molecule has 2 heterocycles. The minimum absolute atomic E-state index is 0.257. The first-order valence-electron chi connectivity index (χ1n) is 6.97. The maximum atomic E-state index is 13.0. The lowest BCUT2D eigenvalue weighted by atomic mass is 10.1. The zero-order valence-corrected chi connectivity index (χ0v) is 11.9. The number of hydrogen-bond donors (Lipinski definition) is 2. The topological polar surface area (TPSA) is 57.4 Å². The van der Waals surface area contributed by atoms with E-state index in [0.717, 1.165) is 33.8 Å². The lowest BCUT2D eigenvalue weighted by molar-refractivity contribution is 0.628. The molecule has 4 nitrogen and oxygen atoms in total. The summed E-state index contributed by atoms with van der Waals surface area (Å²) in [6, 6.07) is 14.2. The second-order valence-corrected chi connectivity index (χ2v) is 5.28. The molecule has 0 aliphatic heterocycles. The van der Waals surface area contributed by atoms with Gasteiger partial charge in [0.05, 0.1) is 16.7 Å². The Hall–Kier alpha value is -2.95. The van der Waals surface area contributed by atoms with Crippen LogP contribution in [0, 0.1) is 12.7 Å². The molecule has 0 bridgehead atoms. The van der Waals surface area contributed by atoms with Crippen molar-refractivity contribution in [1.82, 2.24) is 20.2 Å². The van der Waals surface area contributed by atoms with E-state index >= 15 is 0 Å². The van der Waals surface area contributed by atoms with Crippen molar-refractivity contribution in [2.24, 2.45) is 0 Å². The summed E-state index contributed by atoms with van der Waals surface area (Å²) in [5.41, 5.74) is 5.50. The average Bonchev–Trinajstić information content (AvgIpc) is 3.13. The van der Waals surface area contributed by atoms with E-state index in [9.17, 15) is 4.39 Å². The third-order valence-corrected chi connectivity index (χ3v) is 3.61. The van der Waals surface area contributed by atoms with Crippen molar-refractivity contribution in [3.8, 4) is 22.8 Å². The smallest absolute Gasteiger partial charge is 0.156 e. The Bertz CT molecular complexity index is 950. The number of hydrogen-bond acceptors (Lipinski definition) is 2.